The Hall–Kier alpha value is -0.970. The number of anilines is 1. The fraction of sp³-hybridized carbons (Fsp3) is 0.0833. The molecule has 1 amide bonds. The van der Waals surface area contributed by atoms with E-state index < -0.39 is 0 Å². The molecular formula is C12H9BrCl2N2O. The van der Waals surface area contributed by atoms with Crippen molar-refractivity contribution in [1.29, 1.82) is 0 Å². The summed E-state index contributed by atoms with van der Waals surface area (Å²) in [5.74, 6) is -0.287. The molecule has 0 saturated heterocycles. The fourth-order valence-corrected chi connectivity index (χ4v) is 2.12. The zero-order chi connectivity index (χ0) is 13.3. The lowest BCUT2D eigenvalue weighted by Crippen LogP contribution is -2.13. The normalized spacial score (nSPS) is 10.4. The Bertz CT molecular complexity index is 591. The number of halogens is 3. The van der Waals surface area contributed by atoms with Gasteiger partial charge in [0.15, 0.2) is 0 Å². The van der Waals surface area contributed by atoms with E-state index in [1.807, 2.05) is 25.1 Å². The van der Waals surface area contributed by atoms with Gasteiger partial charge in [-0.1, -0.05) is 45.2 Å². The van der Waals surface area contributed by atoms with Crippen molar-refractivity contribution < 1.29 is 4.79 Å². The number of amides is 1. The molecule has 1 heterocycles. The van der Waals surface area contributed by atoms with Gasteiger partial charge in [-0.15, -0.1) is 0 Å². The lowest BCUT2D eigenvalue weighted by molar-refractivity contribution is 0.102. The predicted octanol–water partition coefficient (Wildman–Crippen LogP) is 4.64. The molecule has 6 heteroatoms. The first-order valence-electron chi connectivity index (χ1n) is 5.09. The predicted molar refractivity (Wildman–Crippen MR) is 77.6 cm³/mol. The van der Waals surface area contributed by atoms with Gasteiger partial charge in [0.25, 0.3) is 5.91 Å². The summed E-state index contributed by atoms with van der Waals surface area (Å²) in [6, 6.07) is 7.15. The van der Waals surface area contributed by atoms with Crippen LogP contribution in [0.15, 0.2) is 28.7 Å². The van der Waals surface area contributed by atoms with Crippen LogP contribution in [-0.4, -0.2) is 10.9 Å². The van der Waals surface area contributed by atoms with Gasteiger partial charge in [-0.2, -0.15) is 0 Å². The highest BCUT2D eigenvalue weighted by atomic mass is 79.9. The second-order valence-corrected chi connectivity index (χ2v) is 5.46. The molecule has 94 valence electrons. The molecule has 2 rings (SSSR count). The highest BCUT2D eigenvalue weighted by Crippen LogP contribution is 2.24. The van der Waals surface area contributed by atoms with E-state index in [1.54, 1.807) is 0 Å². The van der Waals surface area contributed by atoms with Crippen molar-refractivity contribution >= 4 is 50.7 Å². The van der Waals surface area contributed by atoms with Crippen LogP contribution < -0.4 is 5.32 Å². The third-order valence-corrected chi connectivity index (χ3v) is 3.60. The number of aryl methyl sites for hydroxylation is 1. The molecule has 2 N–H and O–H groups in total. The molecule has 0 radical (unpaired) electrons. The van der Waals surface area contributed by atoms with Crippen LogP contribution in [0, 0.1) is 6.92 Å². The van der Waals surface area contributed by atoms with Crippen molar-refractivity contribution in [2.24, 2.45) is 0 Å². The Morgan fingerprint density at radius 2 is 2.06 bits per heavy atom. The zero-order valence-corrected chi connectivity index (χ0v) is 12.4. The van der Waals surface area contributed by atoms with E-state index >= 15 is 0 Å². The van der Waals surface area contributed by atoms with Gasteiger partial charge in [0.05, 0.1) is 5.02 Å². The number of H-pyrrole nitrogens is 1. The maximum atomic E-state index is 12.0. The maximum absolute atomic E-state index is 12.0. The highest BCUT2D eigenvalue weighted by molar-refractivity contribution is 9.10. The van der Waals surface area contributed by atoms with Crippen molar-refractivity contribution in [3.8, 4) is 0 Å². The van der Waals surface area contributed by atoms with Crippen molar-refractivity contribution in [3.63, 3.8) is 0 Å². The molecule has 3 nitrogen and oxygen atoms in total. The minimum absolute atomic E-state index is 0.257. The first-order chi connectivity index (χ1) is 8.47. The number of rotatable bonds is 2. The van der Waals surface area contributed by atoms with Crippen molar-refractivity contribution in [3.05, 3.63) is 50.2 Å². The highest BCUT2D eigenvalue weighted by Gasteiger charge is 2.12. The number of nitrogens with one attached hydrogen (secondary N) is 2. The summed E-state index contributed by atoms with van der Waals surface area (Å²) in [6.07, 6.45) is 0. The molecule has 0 saturated carbocycles. The summed E-state index contributed by atoms with van der Waals surface area (Å²) in [4.78, 5) is 14.7. The van der Waals surface area contributed by atoms with Gasteiger partial charge in [-0.25, -0.2) is 0 Å². The van der Waals surface area contributed by atoms with Crippen molar-refractivity contribution in [2.45, 2.75) is 6.92 Å². The molecule has 0 atom stereocenters. The summed E-state index contributed by atoms with van der Waals surface area (Å²) in [7, 11) is 0. The zero-order valence-electron chi connectivity index (χ0n) is 9.35. The minimum Gasteiger partial charge on any atom is -0.340 e. The number of hydrogen-bond donors (Lipinski definition) is 2. The average Bonchev–Trinajstić information content (AvgIpc) is 2.64. The molecule has 2 aromatic rings. The molecule has 0 aliphatic heterocycles. The van der Waals surface area contributed by atoms with Gasteiger partial charge < -0.3 is 10.3 Å². The van der Waals surface area contributed by atoms with E-state index in [9.17, 15) is 4.79 Å². The van der Waals surface area contributed by atoms with Gasteiger partial charge in [0.2, 0.25) is 0 Å². The monoisotopic (exact) mass is 346 g/mol. The molecular weight excluding hydrogens is 339 g/mol. The molecule has 0 fully saturated rings. The van der Waals surface area contributed by atoms with Gasteiger partial charge in [0, 0.05) is 10.2 Å². The fourth-order valence-electron chi connectivity index (χ4n) is 1.44. The Labute approximate surface area is 123 Å². The lowest BCUT2D eigenvalue weighted by atomic mass is 10.2. The van der Waals surface area contributed by atoms with E-state index in [1.165, 1.54) is 6.07 Å². The van der Waals surface area contributed by atoms with E-state index in [-0.39, 0.29) is 11.1 Å². The van der Waals surface area contributed by atoms with Crippen LogP contribution in [-0.2, 0) is 0 Å². The third-order valence-electron chi connectivity index (χ3n) is 2.42. The summed E-state index contributed by atoms with van der Waals surface area (Å²) in [5, 5.41) is 3.37. The molecule has 0 spiro atoms. The third kappa shape index (κ3) is 2.88. The summed E-state index contributed by atoms with van der Waals surface area (Å²) in [6.45, 7) is 1.91. The number of aromatic amines is 1. The Morgan fingerprint density at radius 3 is 2.67 bits per heavy atom. The molecule has 0 aliphatic rings. The second kappa shape index (κ2) is 5.34. The van der Waals surface area contributed by atoms with Crippen LogP contribution in [0.3, 0.4) is 0 Å². The number of carbonyl (C=O) groups excluding carboxylic acids is 1. The van der Waals surface area contributed by atoms with E-state index in [0.29, 0.717) is 10.7 Å². The molecule has 0 unspecified atom stereocenters. The molecule has 1 aromatic carbocycles. The van der Waals surface area contributed by atoms with Gasteiger partial charge in [0.1, 0.15) is 10.8 Å². The van der Waals surface area contributed by atoms with E-state index in [4.69, 9.17) is 23.2 Å². The van der Waals surface area contributed by atoms with Crippen molar-refractivity contribution in [2.75, 3.05) is 5.32 Å². The maximum Gasteiger partial charge on any atom is 0.272 e. The molecule has 0 aliphatic carbocycles. The quantitative estimate of drug-likeness (QED) is 0.816. The first-order valence-corrected chi connectivity index (χ1v) is 6.64. The van der Waals surface area contributed by atoms with Crippen LogP contribution in [0.4, 0.5) is 5.69 Å². The number of benzene rings is 1. The number of hydrogen-bond acceptors (Lipinski definition) is 1. The molecule has 0 bridgehead atoms. The summed E-state index contributed by atoms with van der Waals surface area (Å²) < 4.78 is 0.894. The van der Waals surface area contributed by atoms with Crippen LogP contribution in [0.25, 0.3) is 0 Å². The number of carbonyl (C=O) groups is 1. The number of aromatic nitrogens is 1. The smallest absolute Gasteiger partial charge is 0.272 e. The van der Waals surface area contributed by atoms with Crippen LogP contribution in [0.2, 0.25) is 10.2 Å². The topological polar surface area (TPSA) is 44.9 Å². The average molecular weight is 348 g/mol. The van der Waals surface area contributed by atoms with Crippen LogP contribution in [0.1, 0.15) is 16.1 Å². The van der Waals surface area contributed by atoms with Crippen LogP contribution >= 0.6 is 39.1 Å². The standard InChI is InChI=1S/C12H9BrCl2N2O/c1-6-2-3-7(13)4-9(6)17-12(18)10-5-8(14)11(15)16-10/h2-5,16H,1H3,(H,17,18). The van der Waals surface area contributed by atoms with E-state index in [0.717, 1.165) is 15.7 Å². The van der Waals surface area contributed by atoms with Gasteiger partial charge in [-0.3, -0.25) is 4.79 Å². The summed E-state index contributed by atoms with van der Waals surface area (Å²) in [5.41, 5.74) is 2.02. The second-order valence-electron chi connectivity index (χ2n) is 3.76. The SMILES string of the molecule is Cc1ccc(Br)cc1NC(=O)c1cc(Cl)c(Cl)[nH]1. The Balaban J connectivity index is 2.23. The van der Waals surface area contributed by atoms with Gasteiger partial charge in [-0.05, 0) is 30.7 Å². The Morgan fingerprint density at radius 1 is 1.33 bits per heavy atom. The van der Waals surface area contributed by atoms with Crippen LogP contribution in [0.5, 0.6) is 0 Å². The minimum atomic E-state index is -0.287. The van der Waals surface area contributed by atoms with E-state index in [2.05, 4.69) is 26.2 Å². The first kappa shape index (κ1) is 13.5. The van der Waals surface area contributed by atoms with Gasteiger partial charge >= 0.3 is 0 Å². The van der Waals surface area contributed by atoms with Crippen molar-refractivity contribution in [1.82, 2.24) is 4.98 Å². The molecule has 18 heavy (non-hydrogen) atoms. The largest absolute Gasteiger partial charge is 0.340 e. The Kier molecular flexibility index (Phi) is 4.00. The lowest BCUT2D eigenvalue weighted by Gasteiger charge is -2.07. The summed E-state index contributed by atoms with van der Waals surface area (Å²) >= 11 is 14.9. The molecule has 1 aromatic heterocycles.